The average Bonchev–Trinajstić information content (AvgIpc) is 2.19. The van der Waals surface area contributed by atoms with E-state index in [0.717, 1.165) is 12.0 Å². The smallest absolute Gasteiger partial charge is 0.246 e. The Morgan fingerprint density at radius 3 is 2.43 bits per heavy atom. The minimum absolute atomic E-state index is 0.105. The summed E-state index contributed by atoms with van der Waals surface area (Å²) in [4.78, 5) is 11.6. The van der Waals surface area contributed by atoms with E-state index in [2.05, 4.69) is 33.0 Å². The molecule has 3 atom stereocenters. The number of carbonyl (C=O) groups excluding carboxylic acids is 1. The minimum Gasteiger partial charge on any atom is -0.355 e. The molecule has 0 unspecified atom stereocenters. The molecule has 2 heteroatoms. The molecule has 1 aliphatic carbocycles. The summed E-state index contributed by atoms with van der Waals surface area (Å²) >= 11 is 0. The van der Waals surface area contributed by atoms with Crippen LogP contribution < -0.4 is 5.32 Å². The highest BCUT2D eigenvalue weighted by molar-refractivity contribution is 5.94. The predicted molar refractivity (Wildman–Crippen MR) is 58.9 cm³/mol. The zero-order valence-corrected chi connectivity index (χ0v) is 9.85. The van der Waals surface area contributed by atoms with Crippen LogP contribution >= 0.6 is 0 Å². The summed E-state index contributed by atoms with van der Waals surface area (Å²) in [5, 5.41) is 2.72. The lowest BCUT2D eigenvalue weighted by Gasteiger charge is -2.34. The molecule has 14 heavy (non-hydrogen) atoms. The Balaban J connectivity index is 2.99. The quantitative estimate of drug-likeness (QED) is 0.683. The van der Waals surface area contributed by atoms with Gasteiger partial charge in [-0.15, -0.1) is 0 Å². The molecule has 1 N–H and O–H groups in total. The highest BCUT2D eigenvalue weighted by atomic mass is 16.1. The molecule has 0 bridgehead atoms. The number of carbonyl (C=O) groups is 1. The maximum Gasteiger partial charge on any atom is 0.246 e. The van der Waals surface area contributed by atoms with E-state index in [-0.39, 0.29) is 5.91 Å². The molecule has 0 radical (unpaired) electrons. The number of hydrogen-bond donors (Lipinski definition) is 1. The van der Waals surface area contributed by atoms with Crippen molar-refractivity contribution in [3.05, 3.63) is 11.1 Å². The molecular formula is C12H21NO. The number of rotatable bonds is 1. The maximum atomic E-state index is 11.6. The van der Waals surface area contributed by atoms with E-state index in [4.69, 9.17) is 0 Å². The molecule has 0 fully saturated rings. The Hall–Kier alpha value is -0.790. The fourth-order valence-corrected chi connectivity index (χ4v) is 2.25. The van der Waals surface area contributed by atoms with Gasteiger partial charge in [-0.1, -0.05) is 26.3 Å². The van der Waals surface area contributed by atoms with E-state index in [1.54, 1.807) is 7.05 Å². The van der Waals surface area contributed by atoms with E-state index in [0.29, 0.717) is 17.8 Å². The largest absolute Gasteiger partial charge is 0.355 e. The molecule has 0 aromatic carbocycles. The van der Waals surface area contributed by atoms with Crippen molar-refractivity contribution >= 4 is 5.91 Å². The van der Waals surface area contributed by atoms with Gasteiger partial charge >= 0.3 is 0 Å². The van der Waals surface area contributed by atoms with Gasteiger partial charge in [0.15, 0.2) is 0 Å². The zero-order valence-electron chi connectivity index (χ0n) is 9.85. The molecule has 1 rings (SSSR count). The van der Waals surface area contributed by atoms with Crippen molar-refractivity contribution in [2.24, 2.45) is 17.8 Å². The van der Waals surface area contributed by atoms with Gasteiger partial charge in [-0.05, 0) is 31.1 Å². The van der Waals surface area contributed by atoms with Crippen LogP contribution in [0.15, 0.2) is 11.1 Å². The number of allylic oxidation sites excluding steroid dienone is 1. The molecule has 0 heterocycles. The van der Waals surface area contributed by atoms with Gasteiger partial charge in [-0.25, -0.2) is 0 Å². The van der Waals surface area contributed by atoms with Gasteiger partial charge in [0, 0.05) is 12.6 Å². The average molecular weight is 195 g/mol. The third-order valence-electron chi connectivity index (χ3n) is 3.87. The van der Waals surface area contributed by atoms with Crippen molar-refractivity contribution in [1.82, 2.24) is 5.32 Å². The molecule has 2 nitrogen and oxygen atoms in total. The van der Waals surface area contributed by atoms with Crippen LogP contribution in [-0.2, 0) is 4.79 Å². The fraction of sp³-hybridized carbons (Fsp3) is 0.750. The van der Waals surface area contributed by atoms with Gasteiger partial charge in [-0.3, -0.25) is 4.79 Å². The van der Waals surface area contributed by atoms with Gasteiger partial charge in [0.1, 0.15) is 0 Å². The molecule has 0 spiro atoms. The van der Waals surface area contributed by atoms with Crippen LogP contribution in [0.3, 0.4) is 0 Å². The number of amides is 1. The Kier molecular flexibility index (Phi) is 3.35. The van der Waals surface area contributed by atoms with E-state index in [1.807, 2.05) is 0 Å². The molecule has 0 saturated carbocycles. The number of hydrogen-bond acceptors (Lipinski definition) is 1. The molecular weight excluding hydrogens is 174 g/mol. The van der Waals surface area contributed by atoms with Crippen molar-refractivity contribution in [3.63, 3.8) is 0 Å². The van der Waals surface area contributed by atoms with Crippen LogP contribution in [0.25, 0.3) is 0 Å². The van der Waals surface area contributed by atoms with Gasteiger partial charge in [-0.2, -0.15) is 0 Å². The lowest BCUT2D eigenvalue weighted by atomic mass is 9.71. The number of nitrogens with one attached hydrogen (secondary N) is 1. The van der Waals surface area contributed by atoms with Crippen LogP contribution in [0.4, 0.5) is 0 Å². The van der Waals surface area contributed by atoms with Gasteiger partial charge in [0.25, 0.3) is 0 Å². The first-order valence-electron chi connectivity index (χ1n) is 5.40. The van der Waals surface area contributed by atoms with Crippen molar-refractivity contribution in [2.45, 2.75) is 34.1 Å². The minimum atomic E-state index is 0.105. The highest BCUT2D eigenvalue weighted by Gasteiger charge is 2.30. The molecule has 0 aliphatic heterocycles. The Morgan fingerprint density at radius 2 is 1.93 bits per heavy atom. The van der Waals surface area contributed by atoms with Crippen molar-refractivity contribution in [2.75, 3.05) is 7.05 Å². The van der Waals surface area contributed by atoms with Crippen LogP contribution in [0, 0.1) is 17.8 Å². The second-order valence-corrected chi connectivity index (χ2v) is 4.57. The molecule has 80 valence electrons. The van der Waals surface area contributed by atoms with Crippen molar-refractivity contribution in [1.29, 1.82) is 0 Å². The van der Waals surface area contributed by atoms with Gasteiger partial charge in [0.05, 0.1) is 0 Å². The summed E-state index contributed by atoms with van der Waals surface area (Å²) in [5.41, 5.74) is 2.28. The van der Waals surface area contributed by atoms with E-state index in [1.165, 1.54) is 5.57 Å². The Morgan fingerprint density at radius 1 is 1.36 bits per heavy atom. The van der Waals surface area contributed by atoms with Gasteiger partial charge in [0.2, 0.25) is 5.91 Å². The second-order valence-electron chi connectivity index (χ2n) is 4.57. The van der Waals surface area contributed by atoms with Crippen LogP contribution in [0.2, 0.25) is 0 Å². The van der Waals surface area contributed by atoms with Crippen LogP contribution in [-0.4, -0.2) is 13.0 Å². The maximum absolute atomic E-state index is 11.6. The molecule has 1 aliphatic rings. The van der Waals surface area contributed by atoms with E-state index in [9.17, 15) is 4.79 Å². The summed E-state index contributed by atoms with van der Waals surface area (Å²) in [6, 6.07) is 0. The molecule has 0 aromatic heterocycles. The Bertz CT molecular complexity index is 267. The SMILES string of the molecule is CNC(=O)C1=C(C)[C@@H](C)[C@@H](C)[C@H](C)C1. The third-order valence-corrected chi connectivity index (χ3v) is 3.87. The van der Waals surface area contributed by atoms with E-state index < -0.39 is 0 Å². The lowest BCUT2D eigenvalue weighted by Crippen LogP contribution is -2.31. The van der Waals surface area contributed by atoms with Crippen LogP contribution in [0.1, 0.15) is 34.1 Å². The van der Waals surface area contributed by atoms with Gasteiger partial charge < -0.3 is 5.32 Å². The Labute approximate surface area is 86.8 Å². The summed E-state index contributed by atoms with van der Waals surface area (Å²) in [5.74, 6) is 1.93. The number of likely N-dealkylation sites (N-methyl/N-ethyl adjacent to an activating group) is 1. The third kappa shape index (κ3) is 1.84. The normalized spacial score (nSPS) is 33.1. The van der Waals surface area contributed by atoms with Crippen molar-refractivity contribution < 1.29 is 4.79 Å². The topological polar surface area (TPSA) is 29.1 Å². The summed E-state index contributed by atoms with van der Waals surface area (Å²) in [7, 11) is 1.70. The lowest BCUT2D eigenvalue weighted by molar-refractivity contribution is -0.117. The highest BCUT2D eigenvalue weighted by Crippen LogP contribution is 2.37. The first-order valence-corrected chi connectivity index (χ1v) is 5.40. The first kappa shape index (κ1) is 11.3. The summed E-state index contributed by atoms with van der Waals surface area (Å²) in [6.45, 7) is 8.83. The van der Waals surface area contributed by atoms with Crippen molar-refractivity contribution in [3.8, 4) is 0 Å². The van der Waals surface area contributed by atoms with E-state index >= 15 is 0 Å². The molecule has 1 amide bonds. The first-order chi connectivity index (χ1) is 6.49. The monoisotopic (exact) mass is 195 g/mol. The standard InChI is InChI=1S/C12H21NO/c1-7-6-11(12(14)13-5)10(4)9(3)8(7)2/h7-9H,6H2,1-5H3,(H,13,14)/t7-,8+,9+/m1/s1. The fourth-order valence-electron chi connectivity index (χ4n) is 2.25. The zero-order chi connectivity index (χ0) is 10.9. The summed E-state index contributed by atoms with van der Waals surface area (Å²) < 4.78 is 0. The molecule has 0 aromatic rings. The summed E-state index contributed by atoms with van der Waals surface area (Å²) in [6.07, 6.45) is 0.928. The predicted octanol–water partition coefficient (Wildman–Crippen LogP) is 2.36. The van der Waals surface area contributed by atoms with Crippen LogP contribution in [0.5, 0.6) is 0 Å². The molecule has 0 saturated heterocycles. The second kappa shape index (κ2) is 4.16.